The molecule has 1 aliphatic heterocycles. The number of nitrogens with zero attached hydrogens (tertiary/aromatic N) is 1. The van der Waals surface area contributed by atoms with Gasteiger partial charge in [0.1, 0.15) is 9.84 Å². The van der Waals surface area contributed by atoms with Gasteiger partial charge in [-0.1, -0.05) is 42.5 Å². The molecule has 0 bridgehead atoms. The fourth-order valence-electron chi connectivity index (χ4n) is 3.22. The van der Waals surface area contributed by atoms with E-state index in [0.29, 0.717) is 32.5 Å². The Labute approximate surface area is 142 Å². The van der Waals surface area contributed by atoms with E-state index in [-0.39, 0.29) is 11.3 Å². The van der Waals surface area contributed by atoms with E-state index in [0.717, 1.165) is 16.3 Å². The fraction of sp³-hybridized carbons (Fsp3) is 0.389. The molecule has 1 fully saturated rings. The first-order valence-corrected chi connectivity index (χ1v) is 10.1. The van der Waals surface area contributed by atoms with Crippen LogP contribution < -0.4 is 5.32 Å². The Morgan fingerprint density at radius 3 is 2.50 bits per heavy atom. The largest absolute Gasteiger partial charge is 0.334 e. The van der Waals surface area contributed by atoms with Crippen molar-refractivity contribution in [1.29, 1.82) is 0 Å². The summed E-state index contributed by atoms with van der Waals surface area (Å²) in [5.74, 6) is 0. The number of piperidine rings is 1. The molecule has 0 spiro atoms. The van der Waals surface area contributed by atoms with E-state index in [1.54, 1.807) is 4.90 Å². The fourth-order valence-corrected chi connectivity index (χ4v) is 4.28. The summed E-state index contributed by atoms with van der Waals surface area (Å²) in [6, 6.07) is 14.0. The molecule has 24 heavy (non-hydrogen) atoms. The van der Waals surface area contributed by atoms with E-state index in [4.69, 9.17) is 0 Å². The lowest BCUT2D eigenvalue weighted by molar-refractivity contribution is 0.186. The minimum absolute atomic E-state index is 0.130. The summed E-state index contributed by atoms with van der Waals surface area (Å²) >= 11 is 0. The highest BCUT2D eigenvalue weighted by Gasteiger charge is 2.28. The summed E-state index contributed by atoms with van der Waals surface area (Å²) in [6.45, 7) is 1.43. The summed E-state index contributed by atoms with van der Waals surface area (Å²) in [6.07, 6.45) is 2.30. The molecule has 0 atom stereocenters. The van der Waals surface area contributed by atoms with Crippen LogP contribution in [-0.4, -0.2) is 43.9 Å². The van der Waals surface area contributed by atoms with Gasteiger partial charge in [0.25, 0.3) is 0 Å². The molecular weight excluding hydrogens is 324 g/mol. The maximum Gasteiger partial charge on any atom is 0.317 e. The number of sulfone groups is 1. The second kappa shape index (κ2) is 6.81. The molecule has 2 aromatic rings. The van der Waals surface area contributed by atoms with Gasteiger partial charge in [0.2, 0.25) is 0 Å². The molecule has 5 nitrogen and oxygen atoms in total. The number of benzene rings is 2. The zero-order valence-electron chi connectivity index (χ0n) is 13.7. The van der Waals surface area contributed by atoms with Gasteiger partial charge in [-0.05, 0) is 29.2 Å². The third-order valence-electron chi connectivity index (χ3n) is 4.64. The van der Waals surface area contributed by atoms with Crippen molar-refractivity contribution in [2.45, 2.75) is 24.6 Å². The molecular formula is C18H22N2O3S. The van der Waals surface area contributed by atoms with Crippen LogP contribution in [0.2, 0.25) is 0 Å². The molecule has 0 saturated carbocycles. The Kier molecular flexibility index (Phi) is 4.76. The minimum Gasteiger partial charge on any atom is -0.334 e. The Morgan fingerprint density at radius 2 is 1.79 bits per heavy atom. The summed E-state index contributed by atoms with van der Waals surface area (Å²) < 4.78 is 23.2. The van der Waals surface area contributed by atoms with Crippen molar-refractivity contribution in [3.8, 4) is 0 Å². The number of nitrogens with one attached hydrogen (secondary N) is 1. The number of hydrogen-bond donors (Lipinski definition) is 1. The molecule has 2 amide bonds. The Balaban J connectivity index is 1.60. The number of urea groups is 1. The predicted octanol–water partition coefficient (Wildman–Crippen LogP) is 2.56. The standard InChI is InChI=1S/C18H22N2O3S/c1-24(22,23)16-9-11-20(12-10-16)18(21)19-13-15-7-4-6-14-5-2-3-8-17(14)15/h2-8,16H,9-13H2,1H3,(H,19,21). The van der Waals surface area contributed by atoms with Crippen LogP contribution in [0.1, 0.15) is 18.4 Å². The molecule has 0 aliphatic carbocycles. The van der Waals surface area contributed by atoms with Crippen LogP contribution in [0.4, 0.5) is 4.79 Å². The van der Waals surface area contributed by atoms with Crippen molar-refractivity contribution in [2.24, 2.45) is 0 Å². The number of rotatable bonds is 3. The number of hydrogen-bond acceptors (Lipinski definition) is 3. The first kappa shape index (κ1) is 16.8. The van der Waals surface area contributed by atoms with Gasteiger partial charge in [0.05, 0.1) is 5.25 Å². The Morgan fingerprint density at radius 1 is 1.12 bits per heavy atom. The SMILES string of the molecule is CS(=O)(=O)C1CCN(C(=O)NCc2cccc3ccccc23)CC1. The first-order valence-electron chi connectivity index (χ1n) is 8.13. The van der Waals surface area contributed by atoms with Gasteiger partial charge in [0.15, 0.2) is 0 Å². The van der Waals surface area contributed by atoms with Crippen LogP contribution in [-0.2, 0) is 16.4 Å². The average molecular weight is 346 g/mol. The summed E-state index contributed by atoms with van der Waals surface area (Å²) in [7, 11) is -3.01. The monoisotopic (exact) mass is 346 g/mol. The van der Waals surface area contributed by atoms with Gasteiger partial charge in [-0.3, -0.25) is 0 Å². The van der Waals surface area contributed by atoms with Crippen molar-refractivity contribution in [1.82, 2.24) is 10.2 Å². The van der Waals surface area contributed by atoms with Crippen LogP contribution in [0.25, 0.3) is 10.8 Å². The third-order valence-corrected chi connectivity index (χ3v) is 6.33. The van der Waals surface area contributed by atoms with Gasteiger partial charge in [-0.2, -0.15) is 0 Å². The van der Waals surface area contributed by atoms with Gasteiger partial charge in [-0.15, -0.1) is 0 Å². The second-order valence-corrected chi connectivity index (χ2v) is 8.64. The third kappa shape index (κ3) is 3.70. The highest BCUT2D eigenvalue weighted by Crippen LogP contribution is 2.19. The number of fused-ring (bicyclic) bond motifs is 1. The maximum atomic E-state index is 12.3. The zero-order chi connectivity index (χ0) is 17.2. The van der Waals surface area contributed by atoms with E-state index in [9.17, 15) is 13.2 Å². The lowest BCUT2D eigenvalue weighted by atomic mass is 10.0. The maximum absolute atomic E-state index is 12.3. The van der Waals surface area contributed by atoms with Crippen molar-refractivity contribution in [3.63, 3.8) is 0 Å². The molecule has 1 aliphatic rings. The number of amides is 2. The van der Waals surface area contributed by atoms with Crippen molar-refractivity contribution in [2.75, 3.05) is 19.3 Å². The summed E-state index contributed by atoms with van der Waals surface area (Å²) in [5.41, 5.74) is 1.08. The molecule has 1 saturated heterocycles. The minimum atomic E-state index is -3.01. The molecule has 0 radical (unpaired) electrons. The van der Waals surface area contributed by atoms with E-state index in [2.05, 4.69) is 23.5 Å². The van der Waals surface area contributed by atoms with Gasteiger partial charge >= 0.3 is 6.03 Å². The molecule has 3 rings (SSSR count). The molecule has 0 aromatic heterocycles. The van der Waals surface area contributed by atoms with Crippen LogP contribution in [0, 0.1) is 0 Å². The molecule has 1 N–H and O–H groups in total. The molecule has 0 unspecified atom stereocenters. The quantitative estimate of drug-likeness (QED) is 0.929. The van der Waals surface area contributed by atoms with Crippen molar-refractivity contribution in [3.05, 3.63) is 48.0 Å². The normalized spacial score (nSPS) is 16.3. The molecule has 128 valence electrons. The second-order valence-electron chi connectivity index (χ2n) is 6.31. The molecule has 2 aromatic carbocycles. The van der Waals surface area contributed by atoms with E-state index in [1.165, 1.54) is 6.26 Å². The smallest absolute Gasteiger partial charge is 0.317 e. The lowest BCUT2D eigenvalue weighted by Crippen LogP contribution is -2.46. The number of carbonyl (C=O) groups excluding carboxylic acids is 1. The molecule has 1 heterocycles. The van der Waals surface area contributed by atoms with Crippen molar-refractivity contribution < 1.29 is 13.2 Å². The molecule has 6 heteroatoms. The first-order chi connectivity index (χ1) is 11.4. The van der Waals surface area contributed by atoms with Crippen LogP contribution in [0.15, 0.2) is 42.5 Å². The van der Waals surface area contributed by atoms with Gasteiger partial charge < -0.3 is 10.2 Å². The van der Waals surface area contributed by atoms with E-state index >= 15 is 0 Å². The topological polar surface area (TPSA) is 66.5 Å². The lowest BCUT2D eigenvalue weighted by Gasteiger charge is -2.31. The van der Waals surface area contributed by atoms with Crippen LogP contribution in [0.3, 0.4) is 0 Å². The van der Waals surface area contributed by atoms with Crippen LogP contribution >= 0.6 is 0 Å². The number of likely N-dealkylation sites (tertiary alicyclic amines) is 1. The Hall–Kier alpha value is -2.08. The predicted molar refractivity (Wildman–Crippen MR) is 95.6 cm³/mol. The number of carbonyl (C=O) groups is 1. The van der Waals surface area contributed by atoms with Crippen molar-refractivity contribution >= 4 is 26.6 Å². The summed E-state index contributed by atoms with van der Waals surface area (Å²) in [5, 5.41) is 4.92. The van der Waals surface area contributed by atoms with Gasteiger partial charge in [-0.25, -0.2) is 13.2 Å². The van der Waals surface area contributed by atoms with Crippen LogP contribution in [0.5, 0.6) is 0 Å². The van der Waals surface area contributed by atoms with Gasteiger partial charge in [0, 0.05) is 25.9 Å². The average Bonchev–Trinajstić information content (AvgIpc) is 2.59. The highest BCUT2D eigenvalue weighted by atomic mass is 32.2. The van der Waals surface area contributed by atoms with E-state index < -0.39 is 9.84 Å². The zero-order valence-corrected chi connectivity index (χ0v) is 14.6. The summed E-state index contributed by atoms with van der Waals surface area (Å²) in [4.78, 5) is 14.0. The Bertz CT molecular complexity index is 835. The van der Waals surface area contributed by atoms with E-state index in [1.807, 2.05) is 24.3 Å². The highest BCUT2D eigenvalue weighted by molar-refractivity contribution is 7.91.